The van der Waals surface area contributed by atoms with Crippen molar-refractivity contribution in [1.29, 1.82) is 0 Å². The van der Waals surface area contributed by atoms with E-state index in [0.717, 1.165) is 17.8 Å². The summed E-state index contributed by atoms with van der Waals surface area (Å²) in [5.41, 5.74) is 0. The van der Waals surface area contributed by atoms with Gasteiger partial charge in [0, 0.05) is 0 Å². The van der Waals surface area contributed by atoms with Crippen LogP contribution in [0.5, 0.6) is 0 Å². The molecule has 0 saturated carbocycles. The minimum Gasteiger partial charge on any atom is -0.0811 e. The summed E-state index contributed by atoms with van der Waals surface area (Å²) in [6.07, 6.45) is 8.90. The first-order valence-electron chi connectivity index (χ1n) is 4.07. The van der Waals surface area contributed by atoms with Crippen LogP contribution in [0.25, 0.3) is 0 Å². The van der Waals surface area contributed by atoms with E-state index in [2.05, 4.69) is 45.1 Å². The molecule has 0 spiro atoms. The van der Waals surface area contributed by atoms with Gasteiger partial charge in [-0.2, -0.15) is 0 Å². The lowest BCUT2D eigenvalue weighted by Gasteiger charge is -2.23. The molecule has 0 heterocycles. The molecule has 56 valence electrons. The van der Waals surface area contributed by atoms with E-state index in [-0.39, 0.29) is 0 Å². The first-order chi connectivity index (χ1) is 4.72. The fraction of sp³-hybridized carbons (Fsp3) is 0.600. The summed E-state index contributed by atoms with van der Waals surface area (Å²) >= 11 is 0. The standard InChI is InChI=1S/C10H16/c1-8(2)10-7-5-4-6-9(10)3/h4-10H,1-3H3. The van der Waals surface area contributed by atoms with Gasteiger partial charge in [-0.25, -0.2) is 0 Å². The highest BCUT2D eigenvalue weighted by Gasteiger charge is 2.16. The maximum Gasteiger partial charge on any atom is -0.0147 e. The molecule has 0 aromatic carbocycles. The zero-order chi connectivity index (χ0) is 7.56. The Morgan fingerprint density at radius 1 is 1.10 bits per heavy atom. The van der Waals surface area contributed by atoms with Gasteiger partial charge in [0.25, 0.3) is 0 Å². The number of hydrogen-bond acceptors (Lipinski definition) is 0. The van der Waals surface area contributed by atoms with Crippen molar-refractivity contribution in [1.82, 2.24) is 0 Å². The monoisotopic (exact) mass is 136 g/mol. The molecular formula is C10H16. The summed E-state index contributed by atoms with van der Waals surface area (Å²) in [7, 11) is 0. The number of rotatable bonds is 1. The van der Waals surface area contributed by atoms with Gasteiger partial charge in [0.1, 0.15) is 0 Å². The molecule has 0 aromatic heterocycles. The fourth-order valence-corrected chi connectivity index (χ4v) is 1.56. The normalized spacial score (nSPS) is 31.6. The van der Waals surface area contributed by atoms with Crippen molar-refractivity contribution in [2.75, 3.05) is 0 Å². The van der Waals surface area contributed by atoms with Gasteiger partial charge in [0.2, 0.25) is 0 Å². The predicted octanol–water partition coefficient (Wildman–Crippen LogP) is 3.02. The Labute approximate surface area is 63.6 Å². The van der Waals surface area contributed by atoms with Gasteiger partial charge in [0.05, 0.1) is 0 Å². The molecule has 0 bridgehead atoms. The third-order valence-corrected chi connectivity index (χ3v) is 2.24. The average Bonchev–Trinajstić information content (AvgIpc) is 1.88. The third kappa shape index (κ3) is 1.50. The van der Waals surface area contributed by atoms with E-state index in [1.54, 1.807) is 0 Å². The van der Waals surface area contributed by atoms with E-state index in [1.165, 1.54) is 0 Å². The first kappa shape index (κ1) is 7.59. The van der Waals surface area contributed by atoms with Crippen LogP contribution in [0, 0.1) is 17.8 Å². The Balaban J connectivity index is 2.61. The lowest BCUT2D eigenvalue weighted by atomic mass is 9.82. The minimum absolute atomic E-state index is 0.727. The van der Waals surface area contributed by atoms with Crippen LogP contribution in [-0.4, -0.2) is 0 Å². The molecule has 0 radical (unpaired) electrons. The van der Waals surface area contributed by atoms with Gasteiger partial charge in [-0.3, -0.25) is 0 Å². The lowest BCUT2D eigenvalue weighted by molar-refractivity contribution is 0.381. The maximum absolute atomic E-state index is 2.31. The SMILES string of the molecule is CC(C)C1C=CC=CC1C. The second-order valence-corrected chi connectivity index (χ2v) is 3.45. The zero-order valence-electron chi connectivity index (χ0n) is 7.04. The highest BCUT2D eigenvalue weighted by Crippen LogP contribution is 2.25. The van der Waals surface area contributed by atoms with Gasteiger partial charge < -0.3 is 0 Å². The van der Waals surface area contributed by atoms with E-state index in [9.17, 15) is 0 Å². The van der Waals surface area contributed by atoms with Crippen molar-refractivity contribution >= 4 is 0 Å². The Morgan fingerprint density at radius 3 is 2.10 bits per heavy atom. The molecular weight excluding hydrogens is 120 g/mol. The molecule has 0 amide bonds. The molecule has 0 aliphatic heterocycles. The molecule has 0 N–H and O–H groups in total. The van der Waals surface area contributed by atoms with Gasteiger partial charge in [-0.05, 0) is 17.8 Å². The average molecular weight is 136 g/mol. The molecule has 2 atom stereocenters. The van der Waals surface area contributed by atoms with Crippen LogP contribution in [0.4, 0.5) is 0 Å². The van der Waals surface area contributed by atoms with Crippen LogP contribution >= 0.6 is 0 Å². The summed E-state index contributed by atoms with van der Waals surface area (Å²) in [5, 5.41) is 0. The molecule has 0 fully saturated rings. The third-order valence-electron chi connectivity index (χ3n) is 2.24. The minimum atomic E-state index is 0.727. The quantitative estimate of drug-likeness (QED) is 0.520. The van der Waals surface area contributed by atoms with Gasteiger partial charge in [-0.1, -0.05) is 45.1 Å². The Morgan fingerprint density at radius 2 is 1.70 bits per heavy atom. The van der Waals surface area contributed by atoms with Crippen molar-refractivity contribution < 1.29 is 0 Å². The molecule has 1 rings (SSSR count). The van der Waals surface area contributed by atoms with Crippen molar-refractivity contribution in [2.45, 2.75) is 20.8 Å². The zero-order valence-corrected chi connectivity index (χ0v) is 7.04. The second kappa shape index (κ2) is 3.05. The Kier molecular flexibility index (Phi) is 2.31. The fourth-order valence-electron chi connectivity index (χ4n) is 1.56. The second-order valence-electron chi connectivity index (χ2n) is 3.45. The van der Waals surface area contributed by atoms with Crippen LogP contribution in [0.1, 0.15) is 20.8 Å². The molecule has 0 aromatic rings. The van der Waals surface area contributed by atoms with E-state index in [4.69, 9.17) is 0 Å². The Bertz CT molecular complexity index is 151. The molecule has 1 aliphatic rings. The van der Waals surface area contributed by atoms with E-state index < -0.39 is 0 Å². The maximum atomic E-state index is 2.31. The van der Waals surface area contributed by atoms with Crippen LogP contribution in [-0.2, 0) is 0 Å². The highest BCUT2D eigenvalue weighted by atomic mass is 14.2. The number of hydrogen-bond donors (Lipinski definition) is 0. The van der Waals surface area contributed by atoms with Gasteiger partial charge in [0.15, 0.2) is 0 Å². The van der Waals surface area contributed by atoms with Gasteiger partial charge in [-0.15, -0.1) is 0 Å². The van der Waals surface area contributed by atoms with E-state index >= 15 is 0 Å². The van der Waals surface area contributed by atoms with Crippen LogP contribution in [0.3, 0.4) is 0 Å². The van der Waals surface area contributed by atoms with Crippen molar-refractivity contribution in [2.24, 2.45) is 17.8 Å². The topological polar surface area (TPSA) is 0 Å². The van der Waals surface area contributed by atoms with E-state index in [1.807, 2.05) is 0 Å². The molecule has 1 aliphatic carbocycles. The van der Waals surface area contributed by atoms with Crippen LogP contribution in [0.15, 0.2) is 24.3 Å². The highest BCUT2D eigenvalue weighted by molar-refractivity contribution is 5.13. The van der Waals surface area contributed by atoms with Crippen LogP contribution in [0.2, 0.25) is 0 Å². The summed E-state index contributed by atoms with van der Waals surface area (Å²) in [6, 6.07) is 0. The van der Waals surface area contributed by atoms with Crippen molar-refractivity contribution in [3.8, 4) is 0 Å². The molecule has 0 nitrogen and oxygen atoms in total. The molecule has 0 saturated heterocycles. The Hall–Kier alpha value is -0.520. The first-order valence-corrected chi connectivity index (χ1v) is 4.07. The van der Waals surface area contributed by atoms with E-state index in [0.29, 0.717) is 0 Å². The summed E-state index contributed by atoms with van der Waals surface area (Å²) < 4.78 is 0. The van der Waals surface area contributed by atoms with Crippen molar-refractivity contribution in [3.05, 3.63) is 24.3 Å². The summed E-state index contributed by atoms with van der Waals surface area (Å²) in [4.78, 5) is 0. The lowest BCUT2D eigenvalue weighted by Crippen LogP contribution is -2.15. The number of allylic oxidation sites excluding steroid dienone is 4. The molecule has 10 heavy (non-hydrogen) atoms. The summed E-state index contributed by atoms with van der Waals surface area (Å²) in [5.74, 6) is 2.26. The molecule has 0 heteroatoms. The molecule has 2 unspecified atom stereocenters. The predicted molar refractivity (Wildman–Crippen MR) is 45.8 cm³/mol. The van der Waals surface area contributed by atoms with Crippen molar-refractivity contribution in [3.63, 3.8) is 0 Å². The smallest absolute Gasteiger partial charge is 0.0147 e. The van der Waals surface area contributed by atoms with Crippen LogP contribution < -0.4 is 0 Å². The largest absolute Gasteiger partial charge is 0.0811 e. The van der Waals surface area contributed by atoms with Gasteiger partial charge >= 0.3 is 0 Å². The summed E-state index contributed by atoms with van der Waals surface area (Å²) in [6.45, 7) is 6.85.